The first-order chi connectivity index (χ1) is 12.4. The number of ether oxygens (including phenoxy) is 1. The van der Waals surface area contributed by atoms with Crippen LogP contribution < -0.4 is 13.9 Å². The normalized spacial score (nSPS) is 13.4. The number of sulfonamides is 1. The van der Waals surface area contributed by atoms with Gasteiger partial charge in [-0.05, 0) is 30.2 Å². The molecule has 0 saturated heterocycles. The van der Waals surface area contributed by atoms with Gasteiger partial charge in [0.05, 0.1) is 19.1 Å². The summed E-state index contributed by atoms with van der Waals surface area (Å²) in [7, 11) is -1.99. The summed E-state index contributed by atoms with van der Waals surface area (Å²) >= 11 is 0. The van der Waals surface area contributed by atoms with E-state index < -0.39 is 10.0 Å². The molecule has 1 aliphatic rings. The molecule has 0 atom stereocenters. The molecule has 7 heteroatoms. The Bertz CT molecular complexity index is 911. The topological polar surface area (TPSA) is 66.9 Å². The number of nitrogens with zero attached hydrogens (tertiary/aromatic N) is 2. The zero-order valence-corrected chi connectivity index (χ0v) is 15.7. The first kappa shape index (κ1) is 18.3. The van der Waals surface area contributed by atoms with Crippen molar-refractivity contribution >= 4 is 27.3 Å². The summed E-state index contributed by atoms with van der Waals surface area (Å²) in [5.41, 5.74) is 2.56. The molecule has 2 aromatic carbocycles. The zero-order valence-electron chi connectivity index (χ0n) is 14.9. The molecule has 0 radical (unpaired) electrons. The molecule has 0 aromatic heterocycles. The van der Waals surface area contributed by atoms with Crippen LogP contribution in [0.25, 0.3) is 0 Å². The van der Waals surface area contributed by atoms with Crippen molar-refractivity contribution < 1.29 is 17.9 Å². The second-order valence-corrected chi connectivity index (χ2v) is 8.12. The smallest absolute Gasteiger partial charge is 0.232 e. The van der Waals surface area contributed by atoms with Crippen LogP contribution in [0.4, 0.5) is 11.4 Å². The number of hydrogen-bond donors (Lipinski definition) is 0. The van der Waals surface area contributed by atoms with Gasteiger partial charge in [0.1, 0.15) is 5.75 Å². The Morgan fingerprint density at radius 2 is 1.96 bits per heavy atom. The van der Waals surface area contributed by atoms with Gasteiger partial charge in [-0.2, -0.15) is 0 Å². The van der Waals surface area contributed by atoms with Crippen molar-refractivity contribution in [3.8, 4) is 5.75 Å². The van der Waals surface area contributed by atoms with Crippen molar-refractivity contribution in [2.45, 2.75) is 12.8 Å². The van der Waals surface area contributed by atoms with Crippen molar-refractivity contribution in [2.75, 3.05) is 35.7 Å². The number of amides is 1. The summed E-state index contributed by atoms with van der Waals surface area (Å²) in [5.74, 6) is 0.488. The first-order valence-electron chi connectivity index (χ1n) is 8.40. The van der Waals surface area contributed by atoms with Crippen LogP contribution in [0.2, 0.25) is 0 Å². The first-order valence-corrected chi connectivity index (χ1v) is 10.2. The maximum Gasteiger partial charge on any atom is 0.232 e. The molecule has 0 unspecified atom stereocenters. The number of fused-ring (bicyclic) bond motifs is 1. The molecule has 26 heavy (non-hydrogen) atoms. The Hall–Kier alpha value is -2.54. The van der Waals surface area contributed by atoms with E-state index in [2.05, 4.69) is 0 Å². The van der Waals surface area contributed by atoms with Crippen LogP contribution in [0, 0.1) is 0 Å². The molecule has 0 fully saturated rings. The predicted octanol–water partition coefficient (Wildman–Crippen LogP) is 2.44. The summed E-state index contributed by atoms with van der Waals surface area (Å²) in [6, 6.07) is 14.6. The average molecular weight is 374 g/mol. The van der Waals surface area contributed by atoms with Crippen LogP contribution in [0.15, 0.2) is 48.5 Å². The summed E-state index contributed by atoms with van der Waals surface area (Å²) in [6.45, 7) is 0.722. The molecule has 6 nitrogen and oxygen atoms in total. The van der Waals surface area contributed by atoms with Gasteiger partial charge in [-0.1, -0.05) is 24.3 Å². The third-order valence-corrected chi connectivity index (χ3v) is 5.65. The van der Waals surface area contributed by atoms with Gasteiger partial charge in [-0.3, -0.25) is 9.10 Å². The molecule has 0 N–H and O–H groups in total. The highest BCUT2D eigenvalue weighted by molar-refractivity contribution is 7.92. The molecule has 138 valence electrons. The molecule has 0 aliphatic carbocycles. The lowest BCUT2D eigenvalue weighted by Gasteiger charge is -2.24. The lowest BCUT2D eigenvalue weighted by Crippen LogP contribution is -2.36. The maximum atomic E-state index is 12.7. The molecular weight excluding hydrogens is 352 g/mol. The highest BCUT2D eigenvalue weighted by Crippen LogP contribution is 2.28. The predicted molar refractivity (Wildman–Crippen MR) is 102 cm³/mol. The van der Waals surface area contributed by atoms with E-state index in [4.69, 9.17) is 4.74 Å². The Kier molecular flexibility index (Phi) is 5.18. The monoisotopic (exact) mass is 374 g/mol. The summed E-state index contributed by atoms with van der Waals surface area (Å²) in [5, 5.41) is 0. The van der Waals surface area contributed by atoms with Gasteiger partial charge in [0.15, 0.2) is 0 Å². The molecular formula is C19H22N2O4S. The van der Waals surface area contributed by atoms with Gasteiger partial charge < -0.3 is 9.64 Å². The van der Waals surface area contributed by atoms with E-state index in [9.17, 15) is 13.2 Å². The minimum Gasteiger partial charge on any atom is -0.497 e. The second-order valence-electron chi connectivity index (χ2n) is 6.21. The number of rotatable bonds is 6. The van der Waals surface area contributed by atoms with Crippen molar-refractivity contribution in [3.05, 3.63) is 54.1 Å². The van der Waals surface area contributed by atoms with Gasteiger partial charge in [0.25, 0.3) is 0 Å². The summed E-state index contributed by atoms with van der Waals surface area (Å²) < 4.78 is 30.9. The largest absolute Gasteiger partial charge is 0.497 e. The molecule has 0 saturated carbocycles. The van der Waals surface area contributed by atoms with E-state index in [0.717, 1.165) is 23.9 Å². The molecule has 3 rings (SSSR count). The Balaban J connectivity index is 1.76. The van der Waals surface area contributed by atoms with E-state index in [1.165, 1.54) is 11.4 Å². The Labute approximate surface area is 154 Å². The van der Waals surface area contributed by atoms with E-state index in [-0.39, 0.29) is 18.9 Å². The fraction of sp³-hybridized carbons (Fsp3) is 0.316. The van der Waals surface area contributed by atoms with Crippen LogP contribution in [-0.4, -0.2) is 40.8 Å². The van der Waals surface area contributed by atoms with Crippen LogP contribution in [0.5, 0.6) is 5.75 Å². The Morgan fingerprint density at radius 3 is 2.69 bits per heavy atom. The van der Waals surface area contributed by atoms with Gasteiger partial charge in [0, 0.05) is 31.3 Å². The van der Waals surface area contributed by atoms with E-state index >= 15 is 0 Å². The number of benzene rings is 2. The lowest BCUT2D eigenvalue weighted by molar-refractivity contribution is -0.118. The molecule has 1 amide bonds. The van der Waals surface area contributed by atoms with Crippen molar-refractivity contribution in [2.24, 2.45) is 0 Å². The molecule has 1 heterocycles. The summed E-state index contributed by atoms with van der Waals surface area (Å²) in [4.78, 5) is 14.4. The molecule has 0 bridgehead atoms. The number of hydrogen-bond acceptors (Lipinski definition) is 4. The molecule has 0 spiro atoms. The standard InChI is InChI=1S/C19H22N2O4S/c1-25-17-8-5-7-16(14-17)21(26(2,23)24)13-11-19(22)20-12-10-15-6-3-4-9-18(15)20/h3-9,14H,10-13H2,1-2H3. The molecule has 1 aliphatic heterocycles. The van der Waals surface area contributed by atoms with Crippen LogP contribution >= 0.6 is 0 Å². The minimum absolute atomic E-state index is 0.0773. The maximum absolute atomic E-state index is 12.7. The highest BCUT2D eigenvalue weighted by Gasteiger charge is 2.26. The van der Waals surface area contributed by atoms with Crippen LogP contribution in [0.3, 0.4) is 0 Å². The minimum atomic E-state index is -3.52. The number of anilines is 2. The van der Waals surface area contributed by atoms with Gasteiger partial charge in [-0.15, -0.1) is 0 Å². The zero-order chi connectivity index (χ0) is 18.7. The fourth-order valence-corrected chi connectivity index (χ4v) is 4.10. The van der Waals surface area contributed by atoms with E-state index in [1.807, 2.05) is 24.3 Å². The highest BCUT2D eigenvalue weighted by atomic mass is 32.2. The number of carbonyl (C=O) groups excluding carboxylic acids is 1. The van der Waals surface area contributed by atoms with Gasteiger partial charge >= 0.3 is 0 Å². The van der Waals surface area contributed by atoms with E-state index in [1.54, 1.807) is 29.2 Å². The number of para-hydroxylation sites is 1. The van der Waals surface area contributed by atoms with Crippen molar-refractivity contribution in [1.29, 1.82) is 0 Å². The lowest BCUT2D eigenvalue weighted by atomic mass is 10.2. The third-order valence-electron chi connectivity index (χ3n) is 4.46. The second kappa shape index (κ2) is 7.37. The molecule has 2 aromatic rings. The fourth-order valence-electron chi connectivity index (χ4n) is 3.18. The van der Waals surface area contributed by atoms with Crippen LogP contribution in [0.1, 0.15) is 12.0 Å². The van der Waals surface area contributed by atoms with Crippen molar-refractivity contribution in [3.63, 3.8) is 0 Å². The Morgan fingerprint density at radius 1 is 1.19 bits per heavy atom. The number of carbonyl (C=O) groups is 1. The number of methoxy groups -OCH3 is 1. The van der Waals surface area contributed by atoms with E-state index in [0.29, 0.717) is 18.0 Å². The van der Waals surface area contributed by atoms with Crippen molar-refractivity contribution in [1.82, 2.24) is 0 Å². The average Bonchev–Trinajstić information content (AvgIpc) is 3.05. The van der Waals surface area contributed by atoms with Crippen LogP contribution in [-0.2, 0) is 21.2 Å². The van der Waals surface area contributed by atoms with Gasteiger partial charge in [-0.25, -0.2) is 8.42 Å². The van der Waals surface area contributed by atoms with Gasteiger partial charge in [0.2, 0.25) is 15.9 Å². The third kappa shape index (κ3) is 3.83. The SMILES string of the molecule is COc1cccc(N(CCC(=O)N2CCc3ccccc32)S(C)(=O)=O)c1. The quantitative estimate of drug-likeness (QED) is 0.779. The summed E-state index contributed by atoms with van der Waals surface area (Å²) in [6.07, 6.45) is 2.08.